The fraction of sp³-hybridized carbons (Fsp3) is 0.560. The van der Waals surface area contributed by atoms with Gasteiger partial charge in [-0.05, 0) is 37.6 Å². The highest BCUT2D eigenvalue weighted by Gasteiger charge is 2.38. The number of amides is 1. The maximum atomic E-state index is 13.7. The van der Waals surface area contributed by atoms with Crippen LogP contribution >= 0.6 is 23.1 Å². The summed E-state index contributed by atoms with van der Waals surface area (Å²) in [7, 11) is 1.43. The van der Waals surface area contributed by atoms with Crippen LogP contribution in [-0.4, -0.2) is 77.6 Å². The van der Waals surface area contributed by atoms with E-state index in [9.17, 15) is 18.0 Å². The number of ether oxygens (including phenoxy) is 2. The van der Waals surface area contributed by atoms with E-state index in [4.69, 9.17) is 14.0 Å². The second-order valence-electron chi connectivity index (χ2n) is 10.1. The van der Waals surface area contributed by atoms with Gasteiger partial charge in [-0.1, -0.05) is 17.3 Å². The van der Waals surface area contributed by atoms with Crippen LogP contribution in [0, 0.1) is 0 Å². The zero-order valence-electron chi connectivity index (χ0n) is 21.3. The zero-order valence-corrected chi connectivity index (χ0v) is 22.9. The molecule has 3 fully saturated rings. The van der Waals surface area contributed by atoms with E-state index in [2.05, 4.69) is 32.6 Å². The van der Waals surface area contributed by atoms with Crippen LogP contribution in [0.1, 0.15) is 38.1 Å². The lowest BCUT2D eigenvalue weighted by Crippen LogP contribution is -2.58. The number of nitrogens with zero attached hydrogens (tertiary/aromatic N) is 3. The molecule has 3 saturated heterocycles. The quantitative estimate of drug-likeness (QED) is 0.380. The van der Waals surface area contributed by atoms with Gasteiger partial charge in [0, 0.05) is 42.4 Å². The number of thioether (sulfide) groups is 1. The van der Waals surface area contributed by atoms with Crippen LogP contribution in [-0.2, 0) is 14.3 Å². The number of benzene rings is 1. The molecule has 0 bridgehead atoms. The molecule has 9 nitrogen and oxygen atoms in total. The Morgan fingerprint density at radius 1 is 1.28 bits per heavy atom. The van der Waals surface area contributed by atoms with Crippen LogP contribution in [0.25, 0.3) is 20.8 Å². The van der Waals surface area contributed by atoms with E-state index in [-0.39, 0.29) is 45.2 Å². The van der Waals surface area contributed by atoms with Gasteiger partial charge in [0.25, 0.3) is 0 Å². The smallest absolute Gasteiger partial charge is 0.380 e. The van der Waals surface area contributed by atoms with E-state index < -0.39 is 17.7 Å². The normalized spacial score (nSPS) is 26.6. The number of nitrogens with one attached hydrogen (secondary N) is 2. The summed E-state index contributed by atoms with van der Waals surface area (Å²) in [4.78, 5) is 19.2. The number of piperidine rings is 1. The molecule has 0 radical (unpaired) electrons. The van der Waals surface area contributed by atoms with E-state index >= 15 is 0 Å². The second kappa shape index (κ2) is 10.5. The fourth-order valence-electron chi connectivity index (χ4n) is 5.45. The topological polar surface area (TPSA) is 102 Å². The molecule has 14 heteroatoms. The van der Waals surface area contributed by atoms with Crippen LogP contribution < -0.4 is 10.6 Å². The molecule has 2 N–H and O–H groups in total. The van der Waals surface area contributed by atoms with Crippen molar-refractivity contribution in [1.82, 2.24) is 20.4 Å². The average molecular weight is 584 g/mol. The Hall–Kier alpha value is -2.39. The lowest BCUT2D eigenvalue weighted by molar-refractivity contribution is -0.127. The fourth-order valence-corrected chi connectivity index (χ4v) is 7.56. The van der Waals surface area contributed by atoms with Crippen molar-refractivity contribution in [3.8, 4) is 10.7 Å². The summed E-state index contributed by atoms with van der Waals surface area (Å²) in [6.07, 6.45) is 1.65. The molecule has 0 aliphatic carbocycles. The monoisotopic (exact) mass is 583 g/mol. The summed E-state index contributed by atoms with van der Waals surface area (Å²) >= 11 is 1.03. The molecule has 2 aromatic heterocycles. The van der Waals surface area contributed by atoms with Crippen LogP contribution in [0.4, 0.5) is 18.9 Å². The summed E-state index contributed by atoms with van der Waals surface area (Å²) in [5, 5.41) is 10.8. The molecule has 3 aliphatic heterocycles. The third kappa shape index (κ3) is 5.36. The van der Waals surface area contributed by atoms with Gasteiger partial charge in [-0.25, -0.2) is 0 Å². The van der Waals surface area contributed by atoms with E-state index in [1.54, 1.807) is 12.1 Å². The molecule has 5 heterocycles. The number of hydrogen-bond acceptors (Lipinski definition) is 10. The van der Waals surface area contributed by atoms with Gasteiger partial charge in [-0.2, -0.15) is 18.2 Å². The van der Waals surface area contributed by atoms with Gasteiger partial charge >= 0.3 is 5.51 Å². The van der Waals surface area contributed by atoms with E-state index in [1.165, 1.54) is 18.4 Å². The van der Waals surface area contributed by atoms with Crippen LogP contribution in [0.5, 0.6) is 0 Å². The number of halogens is 3. The molecule has 210 valence electrons. The van der Waals surface area contributed by atoms with Gasteiger partial charge in [-0.3, -0.25) is 9.69 Å². The Morgan fingerprint density at radius 3 is 2.79 bits per heavy atom. The average Bonchev–Trinajstić information content (AvgIpc) is 3.57. The van der Waals surface area contributed by atoms with Crippen molar-refractivity contribution in [2.75, 3.05) is 32.2 Å². The summed E-state index contributed by atoms with van der Waals surface area (Å²) in [5.74, 6) is -0.108. The Bertz CT molecular complexity index is 1360. The van der Waals surface area contributed by atoms with E-state index in [1.807, 2.05) is 6.07 Å². The minimum atomic E-state index is -4.51. The molecule has 6 rings (SSSR count). The standard InChI is InChI=1S/C25H28F3N5O4S2/c1-12-6-7-13(9-33(12)14-10-36-11-14)29-16-5-3-4-15-19(16)38-21(20(15)39-25(26,27)28)22-31-24(37-32-22)17-8-18(35-2)23(34)30-17/h3-5,12-14,17-18,29H,6-11H2,1-2H3,(H,30,34)/t12-,13+,17-,18+/m1/s1. The number of fused-ring (bicyclic) bond motifs is 1. The highest BCUT2D eigenvalue weighted by atomic mass is 32.2. The van der Waals surface area contributed by atoms with Crippen LogP contribution in [0.2, 0.25) is 0 Å². The molecule has 39 heavy (non-hydrogen) atoms. The summed E-state index contributed by atoms with van der Waals surface area (Å²) in [6, 6.07) is 5.84. The van der Waals surface area contributed by atoms with E-state index in [0.29, 0.717) is 28.6 Å². The van der Waals surface area contributed by atoms with Crippen molar-refractivity contribution in [2.45, 2.75) is 66.9 Å². The van der Waals surface area contributed by atoms with Crippen molar-refractivity contribution < 1.29 is 32.0 Å². The van der Waals surface area contributed by atoms with Crippen molar-refractivity contribution in [2.24, 2.45) is 0 Å². The summed E-state index contributed by atoms with van der Waals surface area (Å²) < 4.78 is 57.7. The van der Waals surface area contributed by atoms with Gasteiger partial charge < -0.3 is 24.6 Å². The van der Waals surface area contributed by atoms with Crippen LogP contribution in [0.3, 0.4) is 0 Å². The highest BCUT2D eigenvalue weighted by molar-refractivity contribution is 8.00. The largest absolute Gasteiger partial charge is 0.446 e. The first kappa shape index (κ1) is 26.8. The first-order valence-electron chi connectivity index (χ1n) is 12.8. The Morgan fingerprint density at radius 2 is 2.10 bits per heavy atom. The Balaban J connectivity index is 1.32. The molecular formula is C25H28F3N5O4S2. The molecule has 0 saturated carbocycles. The molecule has 1 aromatic carbocycles. The first-order chi connectivity index (χ1) is 18.7. The number of methoxy groups -OCH3 is 1. The van der Waals surface area contributed by atoms with Crippen molar-refractivity contribution in [3.05, 3.63) is 24.1 Å². The number of aromatic nitrogens is 2. The van der Waals surface area contributed by atoms with Gasteiger partial charge in [0.2, 0.25) is 17.6 Å². The summed E-state index contributed by atoms with van der Waals surface area (Å²) in [6.45, 7) is 4.55. The zero-order chi connectivity index (χ0) is 27.3. The number of anilines is 1. The molecule has 1 amide bonds. The van der Waals surface area contributed by atoms with Crippen molar-refractivity contribution in [3.63, 3.8) is 0 Å². The number of likely N-dealkylation sites (tertiary alicyclic amines) is 1. The molecule has 3 aliphatic rings. The molecule has 3 aromatic rings. The molecular weight excluding hydrogens is 555 g/mol. The predicted octanol–water partition coefficient (Wildman–Crippen LogP) is 4.80. The Labute approximate surface area is 230 Å². The number of alkyl halides is 3. The van der Waals surface area contributed by atoms with E-state index in [0.717, 1.165) is 38.3 Å². The highest BCUT2D eigenvalue weighted by Crippen LogP contribution is 2.51. The van der Waals surface area contributed by atoms with Crippen molar-refractivity contribution >= 4 is 44.8 Å². The molecule has 0 unspecified atom stereocenters. The maximum Gasteiger partial charge on any atom is 0.446 e. The number of hydrogen-bond donors (Lipinski definition) is 2. The maximum absolute atomic E-state index is 13.7. The number of rotatable bonds is 7. The van der Waals surface area contributed by atoms with Crippen molar-refractivity contribution in [1.29, 1.82) is 0 Å². The third-order valence-electron chi connectivity index (χ3n) is 7.55. The van der Waals surface area contributed by atoms with Gasteiger partial charge in [-0.15, -0.1) is 11.3 Å². The second-order valence-corrected chi connectivity index (χ2v) is 12.2. The van der Waals surface area contributed by atoms with Gasteiger partial charge in [0.05, 0.1) is 34.5 Å². The third-order valence-corrected chi connectivity index (χ3v) is 9.78. The van der Waals surface area contributed by atoms with Gasteiger partial charge in [0.1, 0.15) is 12.1 Å². The summed E-state index contributed by atoms with van der Waals surface area (Å²) in [5.41, 5.74) is -3.72. The lowest BCUT2D eigenvalue weighted by Gasteiger charge is -2.46. The predicted molar refractivity (Wildman–Crippen MR) is 141 cm³/mol. The molecule has 0 spiro atoms. The van der Waals surface area contributed by atoms with Crippen LogP contribution in [0.15, 0.2) is 27.6 Å². The Kier molecular flexibility index (Phi) is 7.25. The van der Waals surface area contributed by atoms with Gasteiger partial charge in [0.15, 0.2) is 0 Å². The lowest BCUT2D eigenvalue weighted by atomic mass is 9.96. The SMILES string of the molecule is CO[C@H]1C[C@H](c2nc(-c3sc4c(N[C@H]5CC[C@@H](C)N(C6COC6)C5)cccc4c3SC(F)(F)F)no2)NC1=O. The minimum absolute atomic E-state index is 0.0363. The number of thiophene rings is 1. The number of carbonyl (C=O) groups excluding carboxylic acids is 1. The molecule has 4 atom stereocenters. The first-order valence-corrected chi connectivity index (χ1v) is 14.4. The minimum Gasteiger partial charge on any atom is -0.380 e. The number of carbonyl (C=O) groups is 1.